The molecule has 2 aromatic rings. The van der Waals surface area contributed by atoms with E-state index in [0.717, 1.165) is 42.1 Å². The summed E-state index contributed by atoms with van der Waals surface area (Å²) in [7, 11) is 1.64. The molecule has 1 saturated heterocycles. The van der Waals surface area contributed by atoms with E-state index in [1.807, 2.05) is 37.8 Å². The van der Waals surface area contributed by atoms with Crippen LogP contribution in [0, 0.1) is 6.92 Å². The molecule has 1 atom stereocenters. The molecule has 0 radical (unpaired) electrons. The number of likely N-dealkylation sites (tertiary alicyclic amines) is 1. The van der Waals surface area contributed by atoms with E-state index >= 15 is 0 Å². The first-order valence-electron chi connectivity index (χ1n) is 9.53. The molecule has 0 aliphatic carbocycles. The Morgan fingerprint density at radius 2 is 2.19 bits per heavy atom. The number of hydrogen-bond acceptors (Lipinski definition) is 6. The average molecular weight is 370 g/mol. The second-order valence-electron chi connectivity index (χ2n) is 7.68. The Labute approximate surface area is 159 Å². The molecule has 7 heteroatoms. The molecule has 1 fully saturated rings. The van der Waals surface area contributed by atoms with Crippen LogP contribution in [0.5, 0.6) is 5.88 Å². The molecule has 4 heterocycles. The first-order chi connectivity index (χ1) is 13.0. The van der Waals surface area contributed by atoms with Crippen molar-refractivity contribution >= 4 is 5.91 Å². The van der Waals surface area contributed by atoms with E-state index in [2.05, 4.69) is 15.0 Å². The van der Waals surface area contributed by atoms with Crippen molar-refractivity contribution < 1.29 is 14.1 Å². The van der Waals surface area contributed by atoms with Crippen molar-refractivity contribution in [3.8, 4) is 5.88 Å². The van der Waals surface area contributed by atoms with Gasteiger partial charge in [0.05, 0.1) is 36.6 Å². The van der Waals surface area contributed by atoms with Gasteiger partial charge >= 0.3 is 0 Å². The number of ether oxygens (including phenoxy) is 1. The van der Waals surface area contributed by atoms with Crippen molar-refractivity contribution in [2.45, 2.75) is 58.8 Å². The fraction of sp³-hybridized carbons (Fsp3) is 0.550. The summed E-state index contributed by atoms with van der Waals surface area (Å²) in [6.07, 6.45) is 2.14. The van der Waals surface area contributed by atoms with Crippen LogP contribution in [0.1, 0.15) is 65.8 Å². The molecule has 27 heavy (non-hydrogen) atoms. The van der Waals surface area contributed by atoms with Crippen molar-refractivity contribution in [2.24, 2.45) is 0 Å². The van der Waals surface area contributed by atoms with Crippen LogP contribution in [-0.2, 0) is 13.1 Å². The fourth-order valence-corrected chi connectivity index (χ4v) is 4.07. The van der Waals surface area contributed by atoms with Gasteiger partial charge in [-0.05, 0) is 46.2 Å². The lowest BCUT2D eigenvalue weighted by Crippen LogP contribution is -2.30. The van der Waals surface area contributed by atoms with Gasteiger partial charge in [0, 0.05) is 24.2 Å². The Bertz CT molecular complexity index is 861. The summed E-state index contributed by atoms with van der Waals surface area (Å²) in [4.78, 5) is 21.6. The van der Waals surface area contributed by atoms with Crippen LogP contribution in [0.25, 0.3) is 0 Å². The molecule has 2 aliphatic rings. The highest BCUT2D eigenvalue weighted by Gasteiger charge is 2.34. The molecule has 0 saturated carbocycles. The third kappa shape index (κ3) is 3.20. The third-order valence-electron chi connectivity index (χ3n) is 5.48. The second kappa shape index (κ2) is 6.96. The number of aromatic nitrogens is 2. The average Bonchev–Trinajstić information content (AvgIpc) is 3.34. The number of carbonyl (C=O) groups excluding carboxylic acids is 1. The first kappa shape index (κ1) is 18.0. The summed E-state index contributed by atoms with van der Waals surface area (Å²) < 4.78 is 11.1. The maximum absolute atomic E-state index is 12.7. The molecule has 2 aromatic heterocycles. The molecule has 2 aliphatic heterocycles. The van der Waals surface area contributed by atoms with Crippen molar-refractivity contribution in [3.05, 3.63) is 40.4 Å². The largest absolute Gasteiger partial charge is 0.481 e. The van der Waals surface area contributed by atoms with Gasteiger partial charge in [-0.3, -0.25) is 9.69 Å². The Morgan fingerprint density at radius 1 is 1.37 bits per heavy atom. The van der Waals surface area contributed by atoms with E-state index in [-0.39, 0.29) is 18.0 Å². The minimum atomic E-state index is 0.0558. The zero-order valence-corrected chi connectivity index (χ0v) is 16.4. The molecular formula is C20H26N4O3. The summed E-state index contributed by atoms with van der Waals surface area (Å²) in [5.41, 5.74) is 3.34. The zero-order chi connectivity index (χ0) is 19.1. The summed E-state index contributed by atoms with van der Waals surface area (Å²) in [6.45, 7) is 8.17. The summed E-state index contributed by atoms with van der Waals surface area (Å²) in [5.74, 6) is 1.56. The fourth-order valence-electron chi connectivity index (χ4n) is 4.07. The first-order valence-corrected chi connectivity index (χ1v) is 9.53. The number of aryl methyl sites for hydroxylation is 1. The van der Waals surface area contributed by atoms with Gasteiger partial charge in [-0.2, -0.15) is 0 Å². The van der Waals surface area contributed by atoms with Crippen LogP contribution in [-0.4, -0.2) is 45.5 Å². The van der Waals surface area contributed by atoms with Crippen molar-refractivity contribution in [1.82, 2.24) is 19.9 Å². The van der Waals surface area contributed by atoms with E-state index < -0.39 is 0 Å². The molecule has 7 nitrogen and oxygen atoms in total. The summed E-state index contributed by atoms with van der Waals surface area (Å²) in [6, 6.07) is 4.32. The predicted octanol–water partition coefficient (Wildman–Crippen LogP) is 3.09. The van der Waals surface area contributed by atoms with Gasteiger partial charge in [-0.1, -0.05) is 5.16 Å². The summed E-state index contributed by atoms with van der Waals surface area (Å²) in [5, 5.41) is 4.03. The van der Waals surface area contributed by atoms with E-state index in [1.54, 1.807) is 7.11 Å². The molecule has 0 spiro atoms. The topological polar surface area (TPSA) is 71.7 Å². The highest BCUT2D eigenvalue weighted by molar-refractivity contribution is 5.98. The Hall–Kier alpha value is -2.41. The smallest absolute Gasteiger partial charge is 0.256 e. The summed E-state index contributed by atoms with van der Waals surface area (Å²) >= 11 is 0. The minimum Gasteiger partial charge on any atom is -0.481 e. The van der Waals surface area contributed by atoms with Gasteiger partial charge in [-0.25, -0.2) is 4.98 Å². The van der Waals surface area contributed by atoms with E-state index in [0.29, 0.717) is 24.5 Å². The third-order valence-corrected chi connectivity index (χ3v) is 5.48. The highest BCUT2D eigenvalue weighted by atomic mass is 16.5. The van der Waals surface area contributed by atoms with Crippen LogP contribution in [0.15, 0.2) is 16.7 Å². The maximum Gasteiger partial charge on any atom is 0.256 e. The molecule has 0 bridgehead atoms. The van der Waals surface area contributed by atoms with Crippen molar-refractivity contribution in [2.75, 3.05) is 13.7 Å². The molecular weight excluding hydrogens is 344 g/mol. The molecule has 0 N–H and O–H groups in total. The Balaban J connectivity index is 1.62. The van der Waals surface area contributed by atoms with Crippen molar-refractivity contribution in [1.29, 1.82) is 0 Å². The van der Waals surface area contributed by atoms with Crippen LogP contribution < -0.4 is 4.74 Å². The van der Waals surface area contributed by atoms with Crippen molar-refractivity contribution in [3.63, 3.8) is 0 Å². The number of amides is 1. The minimum absolute atomic E-state index is 0.0558. The second-order valence-corrected chi connectivity index (χ2v) is 7.68. The maximum atomic E-state index is 12.7. The number of pyridine rings is 1. The lowest BCUT2D eigenvalue weighted by molar-refractivity contribution is 0.0730. The lowest BCUT2D eigenvalue weighted by atomic mass is 10.1. The van der Waals surface area contributed by atoms with Gasteiger partial charge in [0.15, 0.2) is 5.76 Å². The number of hydrogen-bond donors (Lipinski definition) is 0. The van der Waals surface area contributed by atoms with Gasteiger partial charge in [0.1, 0.15) is 0 Å². The van der Waals surface area contributed by atoms with Crippen LogP contribution in [0.4, 0.5) is 0 Å². The van der Waals surface area contributed by atoms with E-state index in [1.165, 1.54) is 0 Å². The highest BCUT2D eigenvalue weighted by Crippen LogP contribution is 2.36. The van der Waals surface area contributed by atoms with Gasteiger partial charge < -0.3 is 14.2 Å². The normalized spacial score (nSPS) is 20.0. The monoisotopic (exact) mass is 370 g/mol. The van der Waals surface area contributed by atoms with Gasteiger partial charge in [0.25, 0.3) is 5.91 Å². The van der Waals surface area contributed by atoms with Crippen LogP contribution in [0.3, 0.4) is 0 Å². The number of rotatable bonds is 5. The molecule has 0 unspecified atom stereocenters. The molecule has 4 rings (SSSR count). The Morgan fingerprint density at radius 3 is 2.85 bits per heavy atom. The van der Waals surface area contributed by atoms with Crippen LogP contribution in [0.2, 0.25) is 0 Å². The Kier molecular flexibility index (Phi) is 4.63. The molecule has 144 valence electrons. The lowest BCUT2D eigenvalue weighted by Gasteiger charge is -2.23. The number of nitrogens with zero attached hydrogens (tertiary/aromatic N) is 4. The number of methoxy groups -OCH3 is 1. The van der Waals surface area contributed by atoms with Crippen LogP contribution >= 0.6 is 0 Å². The number of carbonyl (C=O) groups is 1. The van der Waals surface area contributed by atoms with Gasteiger partial charge in [0.2, 0.25) is 5.88 Å². The zero-order valence-electron chi connectivity index (χ0n) is 16.4. The molecule has 1 amide bonds. The van der Waals surface area contributed by atoms with Gasteiger partial charge in [-0.15, -0.1) is 0 Å². The number of fused-ring (bicyclic) bond motifs is 1. The standard InChI is InChI=1S/C20H26N4O3/c1-12(2)24-11-16-15(20(24)25)9-14(19(21-16)26-4)10-23-7-5-6-17(23)18-8-13(3)22-27-18/h8-9,12,17H,5-7,10-11H2,1-4H3/t17-/m1/s1. The van der Waals surface area contributed by atoms with E-state index in [9.17, 15) is 4.79 Å². The molecule has 0 aromatic carbocycles. The predicted molar refractivity (Wildman–Crippen MR) is 99.4 cm³/mol. The van der Waals surface area contributed by atoms with E-state index in [4.69, 9.17) is 9.26 Å². The SMILES string of the molecule is COc1nc2c(cc1CN1CCC[C@@H]1c1cc(C)no1)C(=O)N(C(C)C)C2. The quantitative estimate of drug-likeness (QED) is 0.805.